The summed E-state index contributed by atoms with van der Waals surface area (Å²) in [5, 5.41) is 3.07. The molecular weight excluding hydrogens is 289 g/mol. The number of carbonyl (C=O) groups is 2. The average Bonchev–Trinajstić information content (AvgIpc) is 2.30. The van der Waals surface area contributed by atoms with E-state index in [1.165, 1.54) is 24.1 Å². The first-order valence-electron chi connectivity index (χ1n) is 5.68. The molecule has 0 spiro atoms. The normalized spacial score (nSPS) is 10.4. The molecule has 0 radical (unpaired) electrons. The number of amides is 2. The molecule has 0 aliphatic carbocycles. The van der Waals surface area contributed by atoms with Crippen LogP contribution in [0, 0.1) is 0 Å². The lowest BCUT2D eigenvalue weighted by Gasteiger charge is -2.18. The lowest BCUT2D eigenvalue weighted by molar-refractivity contribution is -0.122. The van der Waals surface area contributed by atoms with Crippen LogP contribution in [0.2, 0.25) is 10.2 Å². The highest BCUT2D eigenvalue weighted by Gasteiger charge is 2.19. The topological polar surface area (TPSA) is 62.3 Å². The molecule has 0 fully saturated rings. The first-order valence-corrected chi connectivity index (χ1v) is 6.43. The van der Waals surface area contributed by atoms with E-state index in [0.717, 1.165) is 0 Å². The van der Waals surface area contributed by atoms with Crippen LogP contribution in [0.25, 0.3) is 0 Å². The first-order chi connectivity index (χ1) is 8.81. The highest BCUT2D eigenvalue weighted by atomic mass is 35.5. The Kier molecular flexibility index (Phi) is 5.57. The summed E-state index contributed by atoms with van der Waals surface area (Å²) in [4.78, 5) is 28.8. The summed E-state index contributed by atoms with van der Waals surface area (Å²) in [5.74, 6) is -0.699. The molecule has 0 atom stereocenters. The zero-order valence-corrected chi connectivity index (χ0v) is 12.4. The Hall–Kier alpha value is -1.33. The molecule has 2 amide bonds. The molecule has 19 heavy (non-hydrogen) atoms. The first kappa shape index (κ1) is 15.7. The van der Waals surface area contributed by atoms with Crippen LogP contribution in [0.5, 0.6) is 0 Å². The number of likely N-dealkylation sites (N-methyl/N-ethyl adjacent to an activating group) is 1. The molecule has 0 saturated carbocycles. The van der Waals surface area contributed by atoms with Crippen LogP contribution in [-0.4, -0.2) is 41.3 Å². The van der Waals surface area contributed by atoms with Gasteiger partial charge in [0.05, 0.1) is 11.6 Å². The van der Waals surface area contributed by atoms with E-state index in [-0.39, 0.29) is 34.4 Å². The van der Waals surface area contributed by atoms with E-state index < -0.39 is 5.91 Å². The quantitative estimate of drug-likeness (QED) is 0.865. The van der Waals surface area contributed by atoms with Gasteiger partial charge in [-0.1, -0.05) is 23.2 Å². The predicted molar refractivity (Wildman–Crippen MR) is 74.5 cm³/mol. The van der Waals surface area contributed by atoms with Crippen LogP contribution < -0.4 is 5.32 Å². The molecule has 7 heteroatoms. The Morgan fingerprint density at radius 2 is 2.00 bits per heavy atom. The van der Waals surface area contributed by atoms with Crippen molar-refractivity contribution < 1.29 is 9.59 Å². The van der Waals surface area contributed by atoms with Gasteiger partial charge in [-0.15, -0.1) is 0 Å². The van der Waals surface area contributed by atoms with Gasteiger partial charge < -0.3 is 10.2 Å². The molecule has 0 saturated heterocycles. The highest BCUT2D eigenvalue weighted by molar-refractivity contribution is 6.34. The zero-order chi connectivity index (χ0) is 14.6. The van der Waals surface area contributed by atoms with Gasteiger partial charge in [-0.3, -0.25) is 9.59 Å². The summed E-state index contributed by atoms with van der Waals surface area (Å²) < 4.78 is 0. The van der Waals surface area contributed by atoms with Gasteiger partial charge >= 0.3 is 0 Å². The van der Waals surface area contributed by atoms with Crippen molar-refractivity contribution in [3.63, 3.8) is 0 Å². The summed E-state index contributed by atoms with van der Waals surface area (Å²) in [6, 6.07) is 3.00. The van der Waals surface area contributed by atoms with Crippen LogP contribution >= 0.6 is 23.2 Å². The molecule has 0 aliphatic heterocycles. The minimum absolute atomic E-state index is 0.0175. The smallest absolute Gasteiger partial charge is 0.274 e. The Labute approximate surface area is 121 Å². The number of pyridine rings is 1. The molecule has 0 unspecified atom stereocenters. The van der Waals surface area contributed by atoms with Crippen molar-refractivity contribution >= 4 is 35.0 Å². The van der Waals surface area contributed by atoms with Crippen molar-refractivity contribution in [3.8, 4) is 0 Å². The van der Waals surface area contributed by atoms with Crippen LogP contribution in [0.15, 0.2) is 12.1 Å². The number of hydrogen-bond donors (Lipinski definition) is 1. The van der Waals surface area contributed by atoms with Crippen LogP contribution in [0.4, 0.5) is 0 Å². The lowest BCUT2D eigenvalue weighted by atomic mass is 10.3. The van der Waals surface area contributed by atoms with Gasteiger partial charge in [0.2, 0.25) is 5.91 Å². The number of hydrogen-bond acceptors (Lipinski definition) is 3. The summed E-state index contributed by atoms with van der Waals surface area (Å²) in [6.07, 6.45) is 0. The summed E-state index contributed by atoms with van der Waals surface area (Å²) in [7, 11) is 1.50. The molecule has 0 aliphatic rings. The molecule has 5 nitrogen and oxygen atoms in total. The highest BCUT2D eigenvalue weighted by Crippen LogP contribution is 2.18. The minimum Gasteiger partial charge on any atom is -0.352 e. The Balaban J connectivity index is 2.77. The number of aromatic nitrogens is 1. The summed E-state index contributed by atoms with van der Waals surface area (Å²) >= 11 is 11.6. The van der Waals surface area contributed by atoms with Crippen molar-refractivity contribution in [2.24, 2.45) is 0 Å². The standard InChI is InChI=1S/C12H15Cl2N3O2/c1-7(2)15-10(18)6-17(3)12(19)11-8(13)4-5-9(14)16-11/h4-5,7H,6H2,1-3H3,(H,15,18). The lowest BCUT2D eigenvalue weighted by Crippen LogP contribution is -2.41. The van der Waals surface area contributed by atoms with E-state index in [2.05, 4.69) is 10.3 Å². The predicted octanol–water partition coefficient (Wildman–Crippen LogP) is 1.98. The molecule has 1 aromatic rings. The molecule has 1 aromatic heterocycles. The SMILES string of the molecule is CC(C)NC(=O)CN(C)C(=O)c1nc(Cl)ccc1Cl. The molecule has 1 heterocycles. The maximum atomic E-state index is 12.1. The molecule has 1 rings (SSSR count). The third-order valence-corrected chi connectivity index (χ3v) is 2.71. The van der Waals surface area contributed by atoms with Crippen molar-refractivity contribution in [2.75, 3.05) is 13.6 Å². The van der Waals surface area contributed by atoms with Gasteiger partial charge in [-0.25, -0.2) is 4.98 Å². The van der Waals surface area contributed by atoms with Gasteiger partial charge in [0, 0.05) is 13.1 Å². The van der Waals surface area contributed by atoms with Gasteiger partial charge in [0.1, 0.15) is 10.8 Å². The number of halogens is 2. The van der Waals surface area contributed by atoms with Crippen LogP contribution in [0.3, 0.4) is 0 Å². The maximum absolute atomic E-state index is 12.1. The third-order valence-electron chi connectivity index (χ3n) is 2.19. The minimum atomic E-state index is -0.452. The van der Waals surface area contributed by atoms with Crippen LogP contribution in [0.1, 0.15) is 24.3 Å². The fourth-order valence-corrected chi connectivity index (χ4v) is 1.74. The molecule has 104 valence electrons. The monoisotopic (exact) mass is 303 g/mol. The van der Waals surface area contributed by atoms with Crippen LogP contribution in [-0.2, 0) is 4.79 Å². The van der Waals surface area contributed by atoms with Gasteiger partial charge in [0.15, 0.2) is 0 Å². The third kappa shape index (κ3) is 4.69. The second-order valence-corrected chi connectivity index (χ2v) is 5.14. The summed E-state index contributed by atoms with van der Waals surface area (Å²) in [5.41, 5.74) is 0.0361. The van der Waals surface area contributed by atoms with E-state index in [0.29, 0.717) is 0 Å². The van der Waals surface area contributed by atoms with Crippen molar-refractivity contribution in [1.29, 1.82) is 0 Å². The van der Waals surface area contributed by atoms with E-state index >= 15 is 0 Å². The molecular formula is C12H15Cl2N3O2. The number of carbonyl (C=O) groups excluding carboxylic acids is 2. The zero-order valence-electron chi connectivity index (χ0n) is 10.9. The largest absolute Gasteiger partial charge is 0.352 e. The van der Waals surface area contributed by atoms with E-state index in [1.54, 1.807) is 0 Å². The fraction of sp³-hybridized carbons (Fsp3) is 0.417. The number of nitrogens with one attached hydrogen (secondary N) is 1. The maximum Gasteiger partial charge on any atom is 0.274 e. The van der Waals surface area contributed by atoms with E-state index in [9.17, 15) is 9.59 Å². The van der Waals surface area contributed by atoms with Crippen molar-refractivity contribution in [2.45, 2.75) is 19.9 Å². The second kappa shape index (κ2) is 6.73. The number of rotatable bonds is 4. The second-order valence-electron chi connectivity index (χ2n) is 4.35. The molecule has 1 N–H and O–H groups in total. The average molecular weight is 304 g/mol. The molecule has 0 bridgehead atoms. The van der Waals surface area contributed by atoms with E-state index in [4.69, 9.17) is 23.2 Å². The van der Waals surface area contributed by atoms with Gasteiger partial charge in [-0.05, 0) is 26.0 Å². The van der Waals surface area contributed by atoms with Crippen molar-refractivity contribution in [1.82, 2.24) is 15.2 Å². The fourth-order valence-electron chi connectivity index (χ4n) is 1.40. The Morgan fingerprint density at radius 1 is 1.37 bits per heavy atom. The van der Waals surface area contributed by atoms with E-state index in [1.807, 2.05) is 13.8 Å². The van der Waals surface area contributed by atoms with Gasteiger partial charge in [0.25, 0.3) is 5.91 Å². The Bertz CT molecular complexity index is 492. The van der Waals surface area contributed by atoms with Crippen molar-refractivity contribution in [3.05, 3.63) is 28.0 Å². The number of nitrogens with zero attached hydrogens (tertiary/aromatic N) is 2. The Morgan fingerprint density at radius 3 is 2.58 bits per heavy atom. The molecule has 0 aromatic carbocycles. The van der Waals surface area contributed by atoms with Gasteiger partial charge in [-0.2, -0.15) is 0 Å². The summed E-state index contributed by atoms with van der Waals surface area (Å²) in [6.45, 7) is 3.62.